The fourth-order valence-corrected chi connectivity index (χ4v) is 3.02. The average molecular weight is 375 g/mol. The van der Waals surface area contributed by atoms with Gasteiger partial charge in [-0.2, -0.15) is 0 Å². The summed E-state index contributed by atoms with van der Waals surface area (Å²) in [5.41, 5.74) is 1.94. The lowest BCUT2D eigenvalue weighted by atomic mass is 10.1. The summed E-state index contributed by atoms with van der Waals surface area (Å²) in [5, 5.41) is 7.83. The van der Waals surface area contributed by atoms with E-state index in [1.807, 2.05) is 24.4 Å². The number of halogens is 1. The second kappa shape index (κ2) is 6.58. The Hall–Kier alpha value is -1.72. The van der Waals surface area contributed by atoms with Crippen LogP contribution in [0.3, 0.4) is 0 Å². The molecule has 0 aliphatic heterocycles. The van der Waals surface area contributed by atoms with E-state index in [-0.39, 0.29) is 10.7 Å². The summed E-state index contributed by atoms with van der Waals surface area (Å²) in [5.74, 6) is -0.0538. The van der Waals surface area contributed by atoms with Crippen LogP contribution in [0.25, 0.3) is 22.0 Å². The van der Waals surface area contributed by atoms with Crippen LogP contribution in [-0.4, -0.2) is 15.7 Å². The van der Waals surface area contributed by atoms with Crippen LogP contribution in [0, 0.1) is 0 Å². The van der Waals surface area contributed by atoms with Crippen LogP contribution in [0.15, 0.2) is 47.8 Å². The molecule has 1 amide bonds. The third-order valence-corrected chi connectivity index (χ3v) is 5.24. The second-order valence-electron chi connectivity index (χ2n) is 4.96. The molecule has 0 saturated heterocycles. The molecular weight excluding hydrogens is 360 g/mol. The number of anilines is 1. The van der Waals surface area contributed by atoms with Gasteiger partial charge in [0.25, 0.3) is 0 Å². The van der Waals surface area contributed by atoms with Crippen molar-refractivity contribution < 1.29 is 4.79 Å². The Kier molecular flexibility index (Phi) is 4.55. The number of rotatable bonds is 4. The van der Waals surface area contributed by atoms with Gasteiger partial charge in [-0.05, 0) is 23.3 Å². The molecule has 3 rings (SSSR count). The molecule has 0 saturated carbocycles. The number of fused-ring (bicyclic) bond motifs is 1. The van der Waals surface area contributed by atoms with E-state index in [0.29, 0.717) is 5.13 Å². The summed E-state index contributed by atoms with van der Waals surface area (Å²) in [7, 11) is 0. The van der Waals surface area contributed by atoms with Gasteiger partial charge in [-0.3, -0.25) is 4.79 Å². The van der Waals surface area contributed by atoms with Gasteiger partial charge < -0.3 is 5.32 Å². The number of thiazole rings is 1. The van der Waals surface area contributed by atoms with Gasteiger partial charge in [0.2, 0.25) is 5.91 Å². The van der Waals surface area contributed by atoms with Crippen LogP contribution in [-0.2, 0) is 4.79 Å². The largest absolute Gasteiger partial charge is 0.301 e. The van der Waals surface area contributed by atoms with Crippen LogP contribution in [0.5, 0.6) is 0 Å². The Morgan fingerprint density at radius 1 is 1.27 bits per heavy atom. The number of aromatic nitrogens is 1. The normalized spacial score (nSPS) is 12.3. The number of nitrogens with one attached hydrogen (secondary N) is 1. The third kappa shape index (κ3) is 3.20. The number of carbonyl (C=O) groups is 1. The quantitative estimate of drug-likeness (QED) is 0.647. The molecule has 0 bridgehead atoms. The van der Waals surface area contributed by atoms with Crippen molar-refractivity contribution in [2.75, 3.05) is 5.32 Å². The van der Waals surface area contributed by atoms with Crippen molar-refractivity contribution in [3.63, 3.8) is 0 Å². The second-order valence-corrected chi connectivity index (χ2v) is 6.93. The van der Waals surface area contributed by atoms with Crippen LogP contribution in [0.4, 0.5) is 5.13 Å². The van der Waals surface area contributed by atoms with Crippen molar-refractivity contribution in [3.05, 3.63) is 47.8 Å². The van der Waals surface area contributed by atoms with Crippen LogP contribution in [0.2, 0.25) is 0 Å². The zero-order valence-electron chi connectivity index (χ0n) is 12.0. The predicted octanol–water partition coefficient (Wildman–Crippen LogP) is 5.08. The van der Waals surface area contributed by atoms with E-state index in [1.54, 1.807) is 0 Å². The lowest BCUT2D eigenvalue weighted by Gasteiger charge is -2.05. The van der Waals surface area contributed by atoms with E-state index in [4.69, 9.17) is 0 Å². The van der Waals surface area contributed by atoms with E-state index >= 15 is 0 Å². The summed E-state index contributed by atoms with van der Waals surface area (Å²) in [6.45, 7) is 1.96. The van der Waals surface area contributed by atoms with Crippen LogP contribution < -0.4 is 5.32 Å². The number of benzene rings is 2. The fourth-order valence-electron chi connectivity index (χ4n) is 2.18. The molecule has 1 aromatic heterocycles. The van der Waals surface area contributed by atoms with Crippen molar-refractivity contribution in [1.29, 1.82) is 0 Å². The number of nitrogens with zero attached hydrogens (tertiary/aromatic N) is 1. The molecule has 22 heavy (non-hydrogen) atoms. The number of amides is 1. The first-order chi connectivity index (χ1) is 10.7. The molecule has 1 unspecified atom stereocenters. The van der Waals surface area contributed by atoms with Crippen molar-refractivity contribution >= 4 is 49.1 Å². The predicted molar refractivity (Wildman–Crippen MR) is 96.7 cm³/mol. The van der Waals surface area contributed by atoms with E-state index in [9.17, 15) is 4.79 Å². The highest BCUT2D eigenvalue weighted by Gasteiger charge is 2.14. The maximum atomic E-state index is 11.9. The van der Waals surface area contributed by atoms with E-state index in [1.165, 1.54) is 22.1 Å². The Morgan fingerprint density at radius 2 is 2.05 bits per heavy atom. The van der Waals surface area contributed by atoms with Crippen LogP contribution in [0.1, 0.15) is 13.3 Å². The van der Waals surface area contributed by atoms with Gasteiger partial charge >= 0.3 is 0 Å². The highest BCUT2D eigenvalue weighted by Crippen LogP contribution is 2.28. The first-order valence-corrected chi connectivity index (χ1v) is 8.86. The highest BCUT2D eigenvalue weighted by atomic mass is 79.9. The molecule has 0 spiro atoms. The monoisotopic (exact) mass is 374 g/mol. The van der Waals surface area contributed by atoms with E-state index in [2.05, 4.69) is 56.6 Å². The van der Waals surface area contributed by atoms with Gasteiger partial charge in [-0.1, -0.05) is 59.3 Å². The molecule has 1 N–H and O–H groups in total. The molecule has 5 heteroatoms. The summed E-state index contributed by atoms with van der Waals surface area (Å²) in [6, 6.07) is 14.5. The molecule has 1 heterocycles. The smallest absolute Gasteiger partial charge is 0.239 e. The zero-order chi connectivity index (χ0) is 15.5. The molecular formula is C17H15BrN2OS. The standard InChI is InChI=1S/C17H15BrN2OS/c1-2-14(18)16(21)20-17-19-15(10-22-17)13-8-7-11-5-3-4-6-12(11)9-13/h3-10,14H,2H2,1H3,(H,19,20,21). The summed E-state index contributed by atoms with van der Waals surface area (Å²) >= 11 is 4.79. The lowest BCUT2D eigenvalue weighted by Crippen LogP contribution is -2.21. The highest BCUT2D eigenvalue weighted by molar-refractivity contribution is 9.10. The number of hydrogen-bond acceptors (Lipinski definition) is 3. The average Bonchev–Trinajstić information content (AvgIpc) is 3.02. The Bertz CT molecular complexity index is 815. The summed E-state index contributed by atoms with van der Waals surface area (Å²) in [6.07, 6.45) is 0.745. The van der Waals surface area contributed by atoms with Gasteiger partial charge in [-0.25, -0.2) is 4.98 Å². The number of carbonyl (C=O) groups excluding carboxylic acids is 1. The minimum atomic E-state index is -0.180. The molecule has 3 nitrogen and oxygen atoms in total. The van der Waals surface area contributed by atoms with Gasteiger partial charge in [0.05, 0.1) is 10.5 Å². The van der Waals surface area contributed by atoms with E-state index in [0.717, 1.165) is 17.7 Å². The zero-order valence-corrected chi connectivity index (χ0v) is 14.4. The van der Waals surface area contributed by atoms with Crippen molar-refractivity contribution in [2.24, 2.45) is 0 Å². The SMILES string of the molecule is CCC(Br)C(=O)Nc1nc(-c2ccc3ccccc3c2)cs1. The number of hydrogen-bond donors (Lipinski definition) is 1. The maximum absolute atomic E-state index is 11.9. The first-order valence-electron chi connectivity index (χ1n) is 7.07. The number of alkyl halides is 1. The molecule has 0 fully saturated rings. The van der Waals surface area contributed by atoms with Crippen LogP contribution >= 0.6 is 27.3 Å². The van der Waals surface area contributed by atoms with E-state index < -0.39 is 0 Å². The first kappa shape index (κ1) is 15.2. The van der Waals surface area contributed by atoms with Crippen molar-refractivity contribution in [2.45, 2.75) is 18.2 Å². The fraction of sp³-hybridized carbons (Fsp3) is 0.176. The molecule has 0 radical (unpaired) electrons. The third-order valence-electron chi connectivity index (χ3n) is 3.42. The molecule has 3 aromatic rings. The summed E-state index contributed by atoms with van der Waals surface area (Å²) in [4.78, 5) is 16.2. The minimum Gasteiger partial charge on any atom is -0.301 e. The lowest BCUT2D eigenvalue weighted by molar-refractivity contribution is -0.115. The minimum absolute atomic E-state index is 0.0538. The Balaban J connectivity index is 1.84. The molecule has 0 aliphatic carbocycles. The molecule has 0 aliphatic rings. The van der Waals surface area contributed by atoms with Crippen molar-refractivity contribution in [1.82, 2.24) is 4.98 Å². The summed E-state index contributed by atoms with van der Waals surface area (Å²) < 4.78 is 0. The van der Waals surface area contributed by atoms with Gasteiger partial charge in [0.1, 0.15) is 0 Å². The van der Waals surface area contributed by atoms with Gasteiger partial charge in [0.15, 0.2) is 5.13 Å². The Labute approximate surface area is 141 Å². The van der Waals surface area contributed by atoms with Gasteiger partial charge in [0, 0.05) is 10.9 Å². The molecule has 2 aromatic carbocycles. The maximum Gasteiger partial charge on any atom is 0.239 e. The molecule has 112 valence electrons. The van der Waals surface area contributed by atoms with Gasteiger partial charge in [-0.15, -0.1) is 11.3 Å². The Morgan fingerprint density at radius 3 is 2.82 bits per heavy atom. The van der Waals surface area contributed by atoms with Crippen molar-refractivity contribution in [3.8, 4) is 11.3 Å². The topological polar surface area (TPSA) is 42.0 Å². The molecule has 1 atom stereocenters.